The molecule has 11 heteroatoms. The number of phenols is 1. The quantitative estimate of drug-likeness (QED) is 0.288. The van der Waals surface area contributed by atoms with Gasteiger partial charge in [-0.3, -0.25) is 10.1 Å². The van der Waals surface area contributed by atoms with Gasteiger partial charge in [-0.25, -0.2) is 5.10 Å². The number of ether oxygens (including phenoxy) is 1. The van der Waals surface area contributed by atoms with E-state index < -0.39 is 16.4 Å². The lowest BCUT2D eigenvalue weighted by Crippen LogP contribution is -1.97. The van der Waals surface area contributed by atoms with Crippen LogP contribution in [0, 0.1) is 14.9 Å². The zero-order chi connectivity index (χ0) is 19.6. The van der Waals surface area contributed by atoms with E-state index in [1.165, 1.54) is 30.1 Å². The molecule has 0 amide bonds. The summed E-state index contributed by atoms with van der Waals surface area (Å²) in [5.74, 6) is -0.185. The molecular formula is C16H12ClN5O4S. The third-order valence-electron chi connectivity index (χ3n) is 3.55. The van der Waals surface area contributed by atoms with Crippen LogP contribution in [-0.4, -0.2) is 38.2 Å². The second-order valence-electron chi connectivity index (χ2n) is 5.27. The Morgan fingerprint density at radius 1 is 1.44 bits per heavy atom. The maximum Gasteiger partial charge on any atom is 0.315 e. The number of phenolic OH excluding ortho intramolecular Hbond substituents is 1. The fraction of sp³-hybridized carbons (Fsp3) is 0.0625. The average molecular weight is 406 g/mol. The van der Waals surface area contributed by atoms with E-state index in [0.717, 1.165) is 0 Å². The second-order valence-corrected chi connectivity index (χ2v) is 6.09. The highest BCUT2D eigenvalue weighted by Crippen LogP contribution is 2.36. The van der Waals surface area contributed by atoms with Gasteiger partial charge in [0.15, 0.2) is 11.6 Å². The monoisotopic (exact) mass is 405 g/mol. The minimum absolute atomic E-state index is 0.0449. The normalized spacial score (nSPS) is 11.0. The molecule has 0 saturated carbocycles. The molecule has 0 unspecified atom stereocenters. The number of H-pyrrole nitrogens is 1. The predicted molar refractivity (Wildman–Crippen MR) is 102 cm³/mol. The van der Waals surface area contributed by atoms with Crippen molar-refractivity contribution in [2.75, 3.05) is 7.11 Å². The zero-order valence-corrected chi connectivity index (χ0v) is 15.4. The van der Waals surface area contributed by atoms with Crippen molar-refractivity contribution in [1.82, 2.24) is 14.9 Å². The first-order valence-corrected chi connectivity index (χ1v) is 8.22. The van der Waals surface area contributed by atoms with Crippen LogP contribution in [0.4, 0.5) is 5.69 Å². The number of benzene rings is 2. The molecule has 0 aliphatic heterocycles. The molecule has 3 aromatic rings. The van der Waals surface area contributed by atoms with Gasteiger partial charge in [0.25, 0.3) is 0 Å². The number of nitrogens with zero attached hydrogens (tertiary/aromatic N) is 4. The lowest BCUT2D eigenvalue weighted by molar-refractivity contribution is -0.386. The Labute approximate surface area is 162 Å². The standard InChI is InChI=1S/C16H12ClN5O4S/c1-26-13-6-9(5-12(14(13)23)22(24)25)8-18-21-15(19-20-16(21)27)10-3-2-4-11(17)7-10/h2-8,23H,1H3,(H,20,27)/b18-8+. The van der Waals surface area contributed by atoms with Crippen molar-refractivity contribution in [2.45, 2.75) is 0 Å². The molecule has 2 aromatic carbocycles. The van der Waals surface area contributed by atoms with Gasteiger partial charge < -0.3 is 9.84 Å². The lowest BCUT2D eigenvalue weighted by Gasteiger charge is -2.05. The number of nitro benzene ring substituents is 1. The highest BCUT2D eigenvalue weighted by atomic mass is 35.5. The van der Waals surface area contributed by atoms with E-state index in [9.17, 15) is 15.2 Å². The number of aromatic hydroxyl groups is 1. The van der Waals surface area contributed by atoms with Crippen LogP contribution in [-0.2, 0) is 0 Å². The molecule has 27 heavy (non-hydrogen) atoms. The van der Waals surface area contributed by atoms with Crippen molar-refractivity contribution < 1.29 is 14.8 Å². The van der Waals surface area contributed by atoms with Gasteiger partial charge >= 0.3 is 5.69 Å². The maximum atomic E-state index is 11.1. The van der Waals surface area contributed by atoms with Crippen molar-refractivity contribution in [2.24, 2.45) is 5.10 Å². The summed E-state index contributed by atoms with van der Waals surface area (Å²) in [7, 11) is 1.29. The van der Waals surface area contributed by atoms with Gasteiger partial charge in [0.05, 0.1) is 18.2 Å². The summed E-state index contributed by atoms with van der Waals surface area (Å²) in [5.41, 5.74) is 0.513. The van der Waals surface area contributed by atoms with Crippen LogP contribution in [0.15, 0.2) is 41.5 Å². The number of aromatic amines is 1. The van der Waals surface area contributed by atoms with E-state index in [1.807, 2.05) is 0 Å². The molecule has 0 spiro atoms. The zero-order valence-electron chi connectivity index (χ0n) is 13.8. The van der Waals surface area contributed by atoms with Crippen LogP contribution in [0.3, 0.4) is 0 Å². The summed E-state index contributed by atoms with van der Waals surface area (Å²) in [6.07, 6.45) is 1.34. The molecule has 0 atom stereocenters. The van der Waals surface area contributed by atoms with Crippen LogP contribution in [0.1, 0.15) is 5.56 Å². The highest BCUT2D eigenvalue weighted by Gasteiger charge is 2.19. The van der Waals surface area contributed by atoms with E-state index in [0.29, 0.717) is 22.0 Å². The molecule has 0 aliphatic rings. The van der Waals surface area contributed by atoms with Gasteiger partial charge in [0.2, 0.25) is 10.5 Å². The van der Waals surface area contributed by atoms with Crippen LogP contribution in [0.2, 0.25) is 5.02 Å². The molecule has 3 rings (SSSR count). The maximum absolute atomic E-state index is 11.1. The van der Waals surface area contributed by atoms with E-state index in [1.54, 1.807) is 24.3 Å². The van der Waals surface area contributed by atoms with E-state index >= 15 is 0 Å². The molecular weight excluding hydrogens is 394 g/mol. The van der Waals surface area contributed by atoms with Crippen molar-refractivity contribution in [3.8, 4) is 22.9 Å². The minimum atomic E-state index is -0.712. The fourth-order valence-corrected chi connectivity index (χ4v) is 2.69. The SMILES string of the molecule is COc1cc(/C=N/n2c(-c3cccc(Cl)c3)n[nH]c2=S)cc([N+](=O)[O-])c1O. The summed E-state index contributed by atoms with van der Waals surface area (Å²) < 4.78 is 6.54. The van der Waals surface area contributed by atoms with Crippen LogP contribution in [0.5, 0.6) is 11.5 Å². The van der Waals surface area contributed by atoms with Crippen LogP contribution < -0.4 is 4.74 Å². The Bertz CT molecular complexity index is 1110. The fourth-order valence-electron chi connectivity index (χ4n) is 2.32. The molecule has 0 aliphatic carbocycles. The van der Waals surface area contributed by atoms with Crippen molar-refractivity contribution >= 4 is 35.7 Å². The van der Waals surface area contributed by atoms with Gasteiger partial charge in [-0.2, -0.15) is 14.9 Å². The number of nitrogens with one attached hydrogen (secondary N) is 1. The topological polar surface area (TPSA) is 119 Å². The van der Waals surface area contributed by atoms with Crippen LogP contribution >= 0.6 is 23.8 Å². The van der Waals surface area contributed by atoms with Gasteiger partial charge in [-0.05, 0) is 30.4 Å². The number of halogens is 1. The minimum Gasteiger partial charge on any atom is -0.500 e. The summed E-state index contributed by atoms with van der Waals surface area (Å²) in [6, 6.07) is 9.56. The molecule has 9 nitrogen and oxygen atoms in total. The number of rotatable bonds is 5. The summed E-state index contributed by atoms with van der Waals surface area (Å²) in [4.78, 5) is 10.4. The molecule has 0 radical (unpaired) electrons. The lowest BCUT2D eigenvalue weighted by atomic mass is 10.2. The first-order valence-electron chi connectivity index (χ1n) is 7.44. The number of nitro groups is 1. The van der Waals surface area contributed by atoms with E-state index in [-0.39, 0.29) is 10.5 Å². The molecule has 2 N–H and O–H groups in total. The van der Waals surface area contributed by atoms with E-state index in [2.05, 4.69) is 15.3 Å². The average Bonchev–Trinajstić information content (AvgIpc) is 3.01. The van der Waals surface area contributed by atoms with Gasteiger partial charge in [-0.15, -0.1) is 0 Å². The Morgan fingerprint density at radius 3 is 2.89 bits per heavy atom. The number of aromatic nitrogens is 3. The van der Waals surface area contributed by atoms with Crippen molar-refractivity contribution in [3.63, 3.8) is 0 Å². The number of hydrogen-bond acceptors (Lipinski definition) is 7. The molecule has 0 fully saturated rings. The summed E-state index contributed by atoms with van der Waals surface area (Å²) in [5, 5.41) is 32.5. The molecule has 1 heterocycles. The first-order chi connectivity index (χ1) is 12.9. The molecule has 138 valence electrons. The Balaban J connectivity index is 2.05. The molecule has 0 bridgehead atoms. The number of hydrogen-bond donors (Lipinski definition) is 2. The summed E-state index contributed by atoms with van der Waals surface area (Å²) >= 11 is 11.2. The Hall–Kier alpha value is -3.24. The predicted octanol–water partition coefficient (Wildman–Crippen LogP) is 3.77. The molecule has 0 saturated heterocycles. The first kappa shape index (κ1) is 18.5. The third kappa shape index (κ3) is 3.81. The second kappa shape index (κ2) is 7.56. The van der Waals surface area contributed by atoms with Crippen LogP contribution in [0.25, 0.3) is 11.4 Å². The summed E-state index contributed by atoms with van der Waals surface area (Å²) in [6.45, 7) is 0. The van der Waals surface area contributed by atoms with Crippen molar-refractivity contribution in [3.05, 3.63) is 61.9 Å². The number of methoxy groups -OCH3 is 1. The van der Waals surface area contributed by atoms with Gasteiger partial charge in [0.1, 0.15) is 0 Å². The van der Waals surface area contributed by atoms with Gasteiger partial charge in [-0.1, -0.05) is 23.7 Å². The van der Waals surface area contributed by atoms with Gasteiger partial charge in [0, 0.05) is 22.2 Å². The smallest absolute Gasteiger partial charge is 0.315 e. The largest absolute Gasteiger partial charge is 0.500 e. The Kier molecular flexibility index (Phi) is 5.19. The third-order valence-corrected chi connectivity index (χ3v) is 4.05. The molecule has 1 aromatic heterocycles. The van der Waals surface area contributed by atoms with Crippen molar-refractivity contribution in [1.29, 1.82) is 0 Å². The highest BCUT2D eigenvalue weighted by molar-refractivity contribution is 7.71. The Morgan fingerprint density at radius 2 is 2.22 bits per heavy atom. The van der Waals surface area contributed by atoms with E-state index in [4.69, 9.17) is 28.6 Å².